The van der Waals surface area contributed by atoms with Gasteiger partial charge in [0.2, 0.25) is 5.91 Å². The Morgan fingerprint density at radius 3 is 2.68 bits per heavy atom. The molecular weight excluding hydrogens is 401 g/mol. The lowest BCUT2D eigenvalue weighted by Crippen LogP contribution is -2.31. The minimum absolute atomic E-state index is 0.00912. The molecule has 5 nitrogen and oxygen atoms in total. The Morgan fingerprint density at radius 2 is 1.89 bits per heavy atom. The SMILES string of the molecule is O=C1CC(c2ccccc2F)c2c(nc(SCc3ccccc3Cl)[nH]c2=O)N1. The first kappa shape index (κ1) is 18.7. The Balaban J connectivity index is 1.68. The van der Waals surface area contributed by atoms with Gasteiger partial charge < -0.3 is 10.3 Å². The molecule has 4 rings (SSSR count). The van der Waals surface area contributed by atoms with Crippen LogP contribution in [-0.4, -0.2) is 15.9 Å². The zero-order valence-electron chi connectivity index (χ0n) is 14.5. The second kappa shape index (κ2) is 7.77. The Hall–Kier alpha value is -2.64. The monoisotopic (exact) mass is 415 g/mol. The van der Waals surface area contributed by atoms with Gasteiger partial charge >= 0.3 is 0 Å². The molecule has 2 heterocycles. The second-order valence-electron chi connectivity index (χ2n) is 6.34. The molecule has 2 N–H and O–H groups in total. The van der Waals surface area contributed by atoms with Gasteiger partial charge in [-0.05, 0) is 23.3 Å². The van der Waals surface area contributed by atoms with Crippen molar-refractivity contribution in [3.8, 4) is 0 Å². The first-order chi connectivity index (χ1) is 13.5. The van der Waals surface area contributed by atoms with Gasteiger partial charge in [-0.1, -0.05) is 59.8 Å². The smallest absolute Gasteiger partial charge is 0.257 e. The molecule has 1 amide bonds. The molecule has 0 bridgehead atoms. The number of nitrogens with one attached hydrogen (secondary N) is 2. The molecule has 3 aromatic rings. The van der Waals surface area contributed by atoms with E-state index >= 15 is 0 Å². The predicted molar refractivity (Wildman–Crippen MR) is 107 cm³/mol. The fourth-order valence-corrected chi connectivity index (χ4v) is 4.35. The van der Waals surface area contributed by atoms with Crippen LogP contribution in [-0.2, 0) is 10.5 Å². The number of H-pyrrole nitrogens is 1. The molecule has 0 saturated heterocycles. The highest BCUT2D eigenvalue weighted by Gasteiger charge is 2.32. The van der Waals surface area contributed by atoms with Crippen molar-refractivity contribution in [2.75, 3.05) is 5.32 Å². The van der Waals surface area contributed by atoms with E-state index in [4.69, 9.17) is 11.6 Å². The Kier molecular flexibility index (Phi) is 5.19. The van der Waals surface area contributed by atoms with Crippen LogP contribution in [0.4, 0.5) is 10.2 Å². The van der Waals surface area contributed by atoms with Crippen molar-refractivity contribution < 1.29 is 9.18 Å². The number of rotatable bonds is 4. The standard InChI is InChI=1S/C20H15ClFN3O2S/c21-14-7-3-1-5-11(14)10-28-20-24-18-17(19(27)25-20)13(9-16(26)23-18)12-6-2-4-8-15(12)22/h1-8,13H,9-10H2,(H2,23,24,25,26,27). The van der Waals surface area contributed by atoms with Crippen LogP contribution in [0.25, 0.3) is 0 Å². The fourth-order valence-electron chi connectivity index (χ4n) is 3.20. The van der Waals surface area contributed by atoms with Crippen molar-refractivity contribution in [1.82, 2.24) is 9.97 Å². The maximum atomic E-state index is 14.3. The molecule has 142 valence electrons. The van der Waals surface area contributed by atoms with Crippen LogP contribution in [0.2, 0.25) is 5.02 Å². The Labute approximate surface area is 169 Å². The molecule has 0 fully saturated rings. The number of carbonyl (C=O) groups excluding carboxylic acids is 1. The number of amides is 1. The van der Waals surface area contributed by atoms with E-state index in [1.165, 1.54) is 17.8 Å². The highest BCUT2D eigenvalue weighted by atomic mass is 35.5. The summed E-state index contributed by atoms with van der Waals surface area (Å²) in [7, 11) is 0. The van der Waals surface area contributed by atoms with E-state index in [0.29, 0.717) is 21.5 Å². The van der Waals surface area contributed by atoms with Crippen molar-refractivity contribution in [2.24, 2.45) is 0 Å². The van der Waals surface area contributed by atoms with Crippen LogP contribution in [0.1, 0.15) is 29.0 Å². The van der Waals surface area contributed by atoms with Crippen LogP contribution in [0.5, 0.6) is 0 Å². The van der Waals surface area contributed by atoms with E-state index in [-0.39, 0.29) is 29.3 Å². The van der Waals surface area contributed by atoms with Gasteiger partial charge in [-0.25, -0.2) is 9.37 Å². The van der Waals surface area contributed by atoms with Crippen molar-refractivity contribution >= 4 is 35.1 Å². The quantitative estimate of drug-likeness (QED) is 0.491. The first-order valence-electron chi connectivity index (χ1n) is 8.57. The van der Waals surface area contributed by atoms with Crippen molar-refractivity contribution in [3.63, 3.8) is 0 Å². The van der Waals surface area contributed by atoms with Crippen LogP contribution in [0, 0.1) is 5.82 Å². The number of aromatic nitrogens is 2. The number of aromatic amines is 1. The lowest BCUT2D eigenvalue weighted by atomic mass is 9.86. The number of anilines is 1. The molecule has 1 aliphatic rings. The zero-order chi connectivity index (χ0) is 19.7. The van der Waals surface area contributed by atoms with Gasteiger partial charge in [-0.3, -0.25) is 9.59 Å². The number of nitrogens with zero attached hydrogens (tertiary/aromatic N) is 1. The largest absolute Gasteiger partial charge is 0.310 e. The second-order valence-corrected chi connectivity index (χ2v) is 7.71. The summed E-state index contributed by atoms with van der Waals surface area (Å²) in [6.07, 6.45) is -0.00912. The third-order valence-electron chi connectivity index (χ3n) is 4.53. The van der Waals surface area contributed by atoms with Gasteiger partial charge in [0.15, 0.2) is 5.16 Å². The number of benzene rings is 2. The number of hydrogen-bond donors (Lipinski definition) is 2. The van der Waals surface area contributed by atoms with E-state index in [9.17, 15) is 14.0 Å². The fraction of sp³-hybridized carbons (Fsp3) is 0.150. The average molecular weight is 416 g/mol. The van der Waals surface area contributed by atoms with Crippen LogP contribution >= 0.6 is 23.4 Å². The molecule has 1 aliphatic heterocycles. The first-order valence-corrected chi connectivity index (χ1v) is 9.94. The zero-order valence-corrected chi connectivity index (χ0v) is 16.1. The molecule has 28 heavy (non-hydrogen) atoms. The number of halogens is 2. The van der Waals surface area contributed by atoms with Gasteiger partial charge in [0.25, 0.3) is 5.56 Å². The van der Waals surface area contributed by atoms with E-state index in [1.54, 1.807) is 24.3 Å². The van der Waals surface area contributed by atoms with Crippen LogP contribution in [0.15, 0.2) is 58.5 Å². The minimum atomic E-state index is -0.677. The highest BCUT2D eigenvalue weighted by Crippen LogP contribution is 2.35. The van der Waals surface area contributed by atoms with Gasteiger partial charge in [0, 0.05) is 23.1 Å². The summed E-state index contributed by atoms with van der Waals surface area (Å²) in [5.41, 5.74) is 1.09. The molecular formula is C20H15ClFN3O2S. The van der Waals surface area contributed by atoms with E-state index < -0.39 is 11.7 Å². The number of carbonyl (C=O) groups is 1. The lowest BCUT2D eigenvalue weighted by molar-refractivity contribution is -0.116. The average Bonchev–Trinajstić information content (AvgIpc) is 2.67. The topological polar surface area (TPSA) is 74.8 Å². The maximum absolute atomic E-state index is 14.3. The van der Waals surface area contributed by atoms with Gasteiger partial charge in [0.1, 0.15) is 11.6 Å². The summed E-state index contributed by atoms with van der Waals surface area (Å²) in [5, 5.41) is 3.63. The van der Waals surface area contributed by atoms with Gasteiger partial charge in [-0.15, -0.1) is 0 Å². The van der Waals surface area contributed by atoms with E-state index in [0.717, 1.165) is 5.56 Å². The molecule has 0 saturated carbocycles. The number of thioether (sulfide) groups is 1. The molecule has 1 unspecified atom stereocenters. The number of fused-ring (bicyclic) bond motifs is 1. The molecule has 0 radical (unpaired) electrons. The third kappa shape index (κ3) is 3.68. The summed E-state index contributed by atoms with van der Waals surface area (Å²) in [4.78, 5) is 32.0. The van der Waals surface area contributed by atoms with Crippen LogP contribution < -0.4 is 10.9 Å². The Bertz CT molecular complexity index is 1120. The van der Waals surface area contributed by atoms with Crippen molar-refractivity contribution in [1.29, 1.82) is 0 Å². The van der Waals surface area contributed by atoms with Crippen molar-refractivity contribution in [2.45, 2.75) is 23.2 Å². The summed E-state index contributed by atoms with van der Waals surface area (Å²) < 4.78 is 14.3. The van der Waals surface area contributed by atoms with E-state index in [1.807, 2.05) is 18.2 Å². The molecule has 1 aromatic heterocycles. The highest BCUT2D eigenvalue weighted by molar-refractivity contribution is 7.98. The number of hydrogen-bond acceptors (Lipinski definition) is 4. The van der Waals surface area contributed by atoms with E-state index in [2.05, 4.69) is 15.3 Å². The van der Waals surface area contributed by atoms with Crippen molar-refractivity contribution in [3.05, 3.63) is 86.4 Å². The Morgan fingerprint density at radius 1 is 1.14 bits per heavy atom. The maximum Gasteiger partial charge on any atom is 0.257 e. The summed E-state index contributed by atoms with van der Waals surface area (Å²) >= 11 is 7.46. The summed E-state index contributed by atoms with van der Waals surface area (Å²) in [6.45, 7) is 0. The minimum Gasteiger partial charge on any atom is -0.310 e. The molecule has 1 atom stereocenters. The predicted octanol–water partition coefficient (Wildman–Crippen LogP) is 4.33. The summed E-state index contributed by atoms with van der Waals surface area (Å²) in [5.74, 6) is -0.754. The molecule has 0 spiro atoms. The third-order valence-corrected chi connectivity index (χ3v) is 5.82. The normalized spacial score (nSPS) is 15.8. The van der Waals surface area contributed by atoms with Gasteiger partial charge in [0.05, 0.1) is 5.56 Å². The molecule has 8 heteroatoms. The molecule has 0 aliphatic carbocycles. The summed E-state index contributed by atoms with van der Waals surface area (Å²) in [6, 6.07) is 13.6. The molecule has 2 aromatic carbocycles. The van der Waals surface area contributed by atoms with Gasteiger partial charge in [-0.2, -0.15) is 0 Å². The van der Waals surface area contributed by atoms with Crippen LogP contribution in [0.3, 0.4) is 0 Å². The lowest BCUT2D eigenvalue weighted by Gasteiger charge is -2.24.